The number of hydrogen-bond donors (Lipinski definition) is 2. The van der Waals surface area contributed by atoms with Crippen LogP contribution in [0.15, 0.2) is 53.1 Å². The third kappa shape index (κ3) is 3.70. The molecule has 8 heteroatoms. The fourth-order valence-electron chi connectivity index (χ4n) is 1.99. The Bertz CT molecular complexity index is 831. The molecule has 0 unspecified atom stereocenters. The van der Waals surface area contributed by atoms with E-state index < -0.39 is 5.91 Å². The molecule has 2 N–H and O–H groups in total. The Morgan fingerprint density at radius 2 is 1.75 bits per heavy atom. The van der Waals surface area contributed by atoms with Gasteiger partial charge in [0.05, 0.1) is 0 Å². The molecule has 0 aliphatic rings. The second kappa shape index (κ2) is 7.12. The zero-order chi connectivity index (χ0) is 16.9. The quantitative estimate of drug-likeness (QED) is 0.544. The van der Waals surface area contributed by atoms with Crippen molar-refractivity contribution < 1.29 is 19.3 Å². The van der Waals surface area contributed by atoms with Crippen LogP contribution in [0.5, 0.6) is 5.75 Å². The highest BCUT2D eigenvalue weighted by Gasteiger charge is 2.13. The van der Waals surface area contributed by atoms with Crippen LogP contribution in [0.2, 0.25) is 5.02 Å². The van der Waals surface area contributed by atoms with Gasteiger partial charge in [0.15, 0.2) is 6.61 Å². The van der Waals surface area contributed by atoms with E-state index in [4.69, 9.17) is 26.1 Å². The summed E-state index contributed by atoms with van der Waals surface area (Å²) >= 11 is 5.88. The first-order chi connectivity index (χ1) is 11.7. The first-order valence-electron chi connectivity index (χ1n) is 6.91. The molecular weight excluding hydrogens is 334 g/mol. The summed E-state index contributed by atoms with van der Waals surface area (Å²) in [5.74, 6) is -0.388. The molecule has 7 nitrogen and oxygen atoms in total. The van der Waals surface area contributed by atoms with Crippen LogP contribution in [0.1, 0.15) is 16.5 Å². The molecule has 3 aromatic rings. The van der Waals surface area contributed by atoms with Gasteiger partial charge >= 0.3 is 5.91 Å². The molecule has 0 radical (unpaired) electrons. The van der Waals surface area contributed by atoms with E-state index in [0.717, 1.165) is 11.1 Å². The highest BCUT2D eigenvalue weighted by molar-refractivity contribution is 6.30. The standard InChI is InChI=1S/C16H12ClN3O4/c17-12-5-1-10(2-6-12)11-3-7-13(8-4-11)23-9-14-18-15(20-24-14)16(21)19-22/h1-8,22H,9H2,(H,19,21). The molecule has 0 bridgehead atoms. The van der Waals surface area contributed by atoms with E-state index in [2.05, 4.69) is 10.1 Å². The molecule has 1 aromatic heterocycles. The Morgan fingerprint density at radius 1 is 1.12 bits per heavy atom. The maximum Gasteiger partial charge on any atom is 0.316 e. The van der Waals surface area contributed by atoms with Crippen molar-refractivity contribution in [2.45, 2.75) is 6.61 Å². The monoisotopic (exact) mass is 345 g/mol. The van der Waals surface area contributed by atoms with E-state index >= 15 is 0 Å². The zero-order valence-electron chi connectivity index (χ0n) is 12.3. The van der Waals surface area contributed by atoms with Crippen LogP contribution >= 0.6 is 11.6 Å². The fourth-order valence-corrected chi connectivity index (χ4v) is 2.11. The van der Waals surface area contributed by atoms with Crippen molar-refractivity contribution in [3.8, 4) is 16.9 Å². The summed E-state index contributed by atoms with van der Waals surface area (Å²) in [5, 5.41) is 12.6. The fraction of sp³-hybridized carbons (Fsp3) is 0.0625. The van der Waals surface area contributed by atoms with Crippen molar-refractivity contribution in [3.63, 3.8) is 0 Å². The molecule has 24 heavy (non-hydrogen) atoms. The lowest BCUT2D eigenvalue weighted by Crippen LogP contribution is -2.20. The lowest BCUT2D eigenvalue weighted by molar-refractivity contribution is 0.0691. The van der Waals surface area contributed by atoms with Gasteiger partial charge in [-0.25, -0.2) is 5.48 Å². The highest BCUT2D eigenvalue weighted by atomic mass is 35.5. The van der Waals surface area contributed by atoms with E-state index in [1.807, 2.05) is 48.5 Å². The first-order valence-corrected chi connectivity index (χ1v) is 7.29. The van der Waals surface area contributed by atoms with Crippen LogP contribution in [-0.2, 0) is 6.61 Å². The van der Waals surface area contributed by atoms with Gasteiger partial charge < -0.3 is 9.26 Å². The van der Waals surface area contributed by atoms with Gasteiger partial charge in [-0.2, -0.15) is 4.98 Å². The third-order valence-electron chi connectivity index (χ3n) is 3.17. The molecule has 2 aromatic carbocycles. The number of benzene rings is 2. The van der Waals surface area contributed by atoms with Gasteiger partial charge in [-0.1, -0.05) is 41.0 Å². The highest BCUT2D eigenvalue weighted by Crippen LogP contribution is 2.24. The number of aromatic nitrogens is 2. The van der Waals surface area contributed by atoms with Gasteiger partial charge in [-0.05, 0) is 35.4 Å². The van der Waals surface area contributed by atoms with Crippen LogP contribution in [0.3, 0.4) is 0 Å². The molecule has 0 spiro atoms. The third-order valence-corrected chi connectivity index (χ3v) is 3.42. The normalized spacial score (nSPS) is 10.4. The van der Waals surface area contributed by atoms with Gasteiger partial charge in [-0.15, -0.1) is 0 Å². The van der Waals surface area contributed by atoms with Gasteiger partial charge in [0.1, 0.15) is 5.75 Å². The summed E-state index contributed by atoms with van der Waals surface area (Å²) < 4.78 is 10.4. The maximum atomic E-state index is 11.1. The van der Waals surface area contributed by atoms with Crippen LogP contribution in [0, 0.1) is 0 Å². The largest absolute Gasteiger partial charge is 0.484 e. The molecule has 0 fully saturated rings. The number of ether oxygens (including phenoxy) is 1. The van der Waals surface area contributed by atoms with E-state index in [9.17, 15) is 4.79 Å². The topological polar surface area (TPSA) is 97.5 Å². The minimum absolute atomic E-state index is 0.00595. The molecule has 0 saturated heterocycles. The lowest BCUT2D eigenvalue weighted by Gasteiger charge is -2.05. The number of amides is 1. The number of nitrogens with zero attached hydrogens (tertiary/aromatic N) is 2. The van der Waals surface area contributed by atoms with Gasteiger partial charge in [0.25, 0.3) is 11.7 Å². The van der Waals surface area contributed by atoms with Crippen LogP contribution < -0.4 is 10.2 Å². The number of carbonyl (C=O) groups is 1. The molecule has 1 amide bonds. The van der Waals surface area contributed by atoms with E-state index in [0.29, 0.717) is 10.8 Å². The second-order valence-electron chi connectivity index (χ2n) is 4.77. The van der Waals surface area contributed by atoms with Crippen molar-refractivity contribution in [2.24, 2.45) is 0 Å². The summed E-state index contributed by atoms with van der Waals surface area (Å²) in [4.78, 5) is 14.9. The maximum absolute atomic E-state index is 11.1. The van der Waals surface area contributed by atoms with Crippen LogP contribution in [0.4, 0.5) is 0 Å². The smallest absolute Gasteiger partial charge is 0.316 e. The van der Waals surface area contributed by atoms with E-state index in [-0.39, 0.29) is 18.3 Å². The second-order valence-corrected chi connectivity index (χ2v) is 5.21. The molecule has 1 heterocycles. The van der Waals surface area contributed by atoms with Crippen molar-refractivity contribution in [1.82, 2.24) is 15.6 Å². The Kier molecular flexibility index (Phi) is 4.74. The average Bonchev–Trinajstić information content (AvgIpc) is 3.09. The summed E-state index contributed by atoms with van der Waals surface area (Å²) in [7, 11) is 0. The number of nitrogens with one attached hydrogen (secondary N) is 1. The number of hydroxylamine groups is 1. The summed E-state index contributed by atoms with van der Waals surface area (Å²) in [6.07, 6.45) is 0. The van der Waals surface area contributed by atoms with Crippen molar-refractivity contribution in [2.75, 3.05) is 0 Å². The number of halogens is 1. The molecule has 122 valence electrons. The number of rotatable bonds is 5. The van der Waals surface area contributed by atoms with Crippen molar-refractivity contribution >= 4 is 17.5 Å². The van der Waals surface area contributed by atoms with Gasteiger partial charge in [-0.3, -0.25) is 10.0 Å². The zero-order valence-corrected chi connectivity index (χ0v) is 13.0. The Hall–Kier alpha value is -2.90. The number of hydrogen-bond acceptors (Lipinski definition) is 6. The molecule has 0 aliphatic carbocycles. The molecule has 3 rings (SSSR count). The molecule has 0 atom stereocenters. The first kappa shape index (κ1) is 16.0. The lowest BCUT2D eigenvalue weighted by atomic mass is 10.1. The van der Waals surface area contributed by atoms with Gasteiger partial charge in [0.2, 0.25) is 0 Å². The predicted molar refractivity (Wildman–Crippen MR) is 84.8 cm³/mol. The molecule has 0 saturated carbocycles. The van der Waals surface area contributed by atoms with E-state index in [1.54, 1.807) is 0 Å². The predicted octanol–water partition coefficient (Wildman–Crippen LogP) is 3.09. The average molecular weight is 346 g/mol. The minimum atomic E-state index is -0.850. The number of carbonyl (C=O) groups excluding carboxylic acids is 1. The van der Waals surface area contributed by atoms with E-state index in [1.165, 1.54) is 5.48 Å². The van der Waals surface area contributed by atoms with Crippen molar-refractivity contribution in [3.05, 3.63) is 65.3 Å². The Balaban J connectivity index is 1.63. The Labute approximate surface area is 141 Å². The molecular formula is C16H12ClN3O4. The Morgan fingerprint density at radius 3 is 2.38 bits per heavy atom. The van der Waals surface area contributed by atoms with Gasteiger partial charge in [0, 0.05) is 5.02 Å². The minimum Gasteiger partial charge on any atom is -0.484 e. The summed E-state index contributed by atoms with van der Waals surface area (Å²) in [6, 6.07) is 15.0. The summed E-state index contributed by atoms with van der Waals surface area (Å²) in [6.45, 7) is 0.00595. The van der Waals surface area contributed by atoms with Crippen molar-refractivity contribution in [1.29, 1.82) is 0 Å². The van der Waals surface area contributed by atoms with Crippen LogP contribution in [-0.4, -0.2) is 21.3 Å². The molecule has 0 aliphatic heterocycles. The summed E-state index contributed by atoms with van der Waals surface area (Å²) in [5.41, 5.74) is 3.49. The van der Waals surface area contributed by atoms with Crippen LogP contribution in [0.25, 0.3) is 11.1 Å². The SMILES string of the molecule is O=C(NO)c1noc(COc2ccc(-c3ccc(Cl)cc3)cc2)n1.